The Hall–Kier alpha value is -0.890. The zero-order valence-electron chi connectivity index (χ0n) is 9.38. The standard InChI is InChI=1S/C12H20N2/c1-4-6-12(13-5-2)11-7-8-14-10(3)9-11/h7-9,12-13H,4-6H2,1-3H3. The number of hydrogen-bond acceptors (Lipinski definition) is 2. The van der Waals surface area contributed by atoms with E-state index in [0.717, 1.165) is 12.2 Å². The fourth-order valence-electron chi connectivity index (χ4n) is 1.71. The second kappa shape index (κ2) is 5.76. The lowest BCUT2D eigenvalue weighted by molar-refractivity contribution is 0.508. The molecule has 1 N–H and O–H groups in total. The number of aromatic nitrogens is 1. The van der Waals surface area contributed by atoms with Crippen LogP contribution in [0.25, 0.3) is 0 Å². The van der Waals surface area contributed by atoms with E-state index in [9.17, 15) is 0 Å². The first-order chi connectivity index (χ1) is 6.77. The third-order valence-electron chi connectivity index (χ3n) is 2.35. The van der Waals surface area contributed by atoms with E-state index in [0.29, 0.717) is 6.04 Å². The molecule has 0 aliphatic carbocycles. The van der Waals surface area contributed by atoms with Crippen LogP contribution in [0.2, 0.25) is 0 Å². The Kier molecular flexibility index (Phi) is 4.60. The Morgan fingerprint density at radius 2 is 2.21 bits per heavy atom. The zero-order chi connectivity index (χ0) is 10.4. The van der Waals surface area contributed by atoms with E-state index in [2.05, 4.69) is 36.3 Å². The Morgan fingerprint density at radius 1 is 1.43 bits per heavy atom. The molecule has 0 amide bonds. The molecule has 1 heterocycles. The summed E-state index contributed by atoms with van der Waals surface area (Å²) in [5.41, 5.74) is 2.46. The van der Waals surface area contributed by atoms with Crippen LogP contribution in [-0.2, 0) is 0 Å². The molecule has 2 heteroatoms. The maximum Gasteiger partial charge on any atom is 0.0375 e. The van der Waals surface area contributed by atoms with Gasteiger partial charge in [-0.15, -0.1) is 0 Å². The summed E-state index contributed by atoms with van der Waals surface area (Å²) in [7, 11) is 0. The second-order valence-electron chi connectivity index (χ2n) is 3.63. The molecule has 0 aliphatic heterocycles. The molecule has 0 aliphatic rings. The number of rotatable bonds is 5. The van der Waals surface area contributed by atoms with Gasteiger partial charge in [0.25, 0.3) is 0 Å². The predicted octanol–water partition coefficient (Wildman–Crippen LogP) is 2.84. The summed E-state index contributed by atoms with van der Waals surface area (Å²) in [6.07, 6.45) is 4.29. The lowest BCUT2D eigenvalue weighted by Gasteiger charge is -2.17. The average molecular weight is 192 g/mol. The summed E-state index contributed by atoms with van der Waals surface area (Å²) >= 11 is 0. The molecule has 0 saturated carbocycles. The van der Waals surface area contributed by atoms with Gasteiger partial charge in [-0.3, -0.25) is 4.98 Å². The van der Waals surface area contributed by atoms with Crippen molar-refractivity contribution in [3.63, 3.8) is 0 Å². The van der Waals surface area contributed by atoms with Gasteiger partial charge < -0.3 is 5.32 Å². The minimum Gasteiger partial charge on any atom is -0.310 e. The minimum absolute atomic E-state index is 0.492. The Balaban J connectivity index is 2.75. The molecule has 1 atom stereocenters. The van der Waals surface area contributed by atoms with Crippen molar-refractivity contribution in [2.75, 3.05) is 6.54 Å². The van der Waals surface area contributed by atoms with Gasteiger partial charge in [0.05, 0.1) is 0 Å². The second-order valence-corrected chi connectivity index (χ2v) is 3.63. The molecule has 14 heavy (non-hydrogen) atoms. The fraction of sp³-hybridized carbons (Fsp3) is 0.583. The van der Waals surface area contributed by atoms with Gasteiger partial charge in [-0.05, 0) is 37.6 Å². The van der Waals surface area contributed by atoms with Crippen LogP contribution in [0.5, 0.6) is 0 Å². The topological polar surface area (TPSA) is 24.9 Å². The largest absolute Gasteiger partial charge is 0.310 e. The average Bonchev–Trinajstić information content (AvgIpc) is 2.17. The SMILES string of the molecule is CCCC(NCC)c1ccnc(C)c1. The summed E-state index contributed by atoms with van der Waals surface area (Å²) < 4.78 is 0. The smallest absolute Gasteiger partial charge is 0.0375 e. The van der Waals surface area contributed by atoms with Gasteiger partial charge in [0.2, 0.25) is 0 Å². The molecule has 0 fully saturated rings. The molecule has 0 aromatic carbocycles. The molecule has 2 nitrogen and oxygen atoms in total. The van der Waals surface area contributed by atoms with Crippen molar-refractivity contribution in [2.24, 2.45) is 0 Å². The van der Waals surface area contributed by atoms with Crippen LogP contribution in [-0.4, -0.2) is 11.5 Å². The van der Waals surface area contributed by atoms with Gasteiger partial charge in [0.15, 0.2) is 0 Å². The van der Waals surface area contributed by atoms with Crippen LogP contribution in [0.1, 0.15) is 44.0 Å². The first-order valence-electron chi connectivity index (χ1n) is 5.43. The zero-order valence-corrected chi connectivity index (χ0v) is 9.38. The Morgan fingerprint density at radius 3 is 2.79 bits per heavy atom. The predicted molar refractivity (Wildman–Crippen MR) is 60.3 cm³/mol. The number of nitrogens with one attached hydrogen (secondary N) is 1. The summed E-state index contributed by atoms with van der Waals surface area (Å²) in [6.45, 7) is 7.43. The maximum absolute atomic E-state index is 4.21. The van der Waals surface area contributed by atoms with Crippen molar-refractivity contribution in [1.82, 2.24) is 10.3 Å². The molecule has 0 spiro atoms. The van der Waals surface area contributed by atoms with Gasteiger partial charge in [-0.25, -0.2) is 0 Å². The first kappa shape index (κ1) is 11.2. The monoisotopic (exact) mass is 192 g/mol. The lowest BCUT2D eigenvalue weighted by atomic mass is 10.0. The van der Waals surface area contributed by atoms with Crippen molar-refractivity contribution in [1.29, 1.82) is 0 Å². The number of pyridine rings is 1. The van der Waals surface area contributed by atoms with E-state index in [1.807, 2.05) is 13.1 Å². The van der Waals surface area contributed by atoms with Crippen LogP contribution in [0, 0.1) is 6.92 Å². The highest BCUT2D eigenvalue weighted by molar-refractivity contribution is 5.19. The van der Waals surface area contributed by atoms with Gasteiger partial charge >= 0.3 is 0 Å². The van der Waals surface area contributed by atoms with Gasteiger partial charge in [-0.2, -0.15) is 0 Å². The molecule has 0 radical (unpaired) electrons. The van der Waals surface area contributed by atoms with Crippen LogP contribution in [0.15, 0.2) is 18.3 Å². The molecule has 1 unspecified atom stereocenters. The lowest BCUT2D eigenvalue weighted by Crippen LogP contribution is -2.20. The summed E-state index contributed by atoms with van der Waals surface area (Å²) in [5, 5.41) is 3.50. The summed E-state index contributed by atoms with van der Waals surface area (Å²) in [4.78, 5) is 4.21. The van der Waals surface area contributed by atoms with Gasteiger partial charge in [0, 0.05) is 17.9 Å². The number of hydrogen-bond donors (Lipinski definition) is 1. The quantitative estimate of drug-likeness (QED) is 0.776. The summed E-state index contributed by atoms with van der Waals surface area (Å²) in [5.74, 6) is 0. The molecule has 78 valence electrons. The normalized spacial score (nSPS) is 12.8. The Labute approximate surface area is 86.8 Å². The van der Waals surface area contributed by atoms with Gasteiger partial charge in [-0.1, -0.05) is 20.3 Å². The van der Waals surface area contributed by atoms with Crippen LogP contribution >= 0.6 is 0 Å². The van der Waals surface area contributed by atoms with Crippen LogP contribution in [0.3, 0.4) is 0 Å². The molecule has 1 rings (SSSR count). The van der Waals surface area contributed by atoms with Gasteiger partial charge in [0.1, 0.15) is 0 Å². The van der Waals surface area contributed by atoms with Crippen LogP contribution < -0.4 is 5.32 Å². The number of nitrogens with zero attached hydrogens (tertiary/aromatic N) is 1. The number of aryl methyl sites for hydroxylation is 1. The van der Waals surface area contributed by atoms with E-state index in [1.165, 1.54) is 18.4 Å². The highest BCUT2D eigenvalue weighted by Gasteiger charge is 2.08. The molecule has 0 saturated heterocycles. The molecule has 1 aromatic heterocycles. The molecular weight excluding hydrogens is 172 g/mol. The van der Waals surface area contributed by atoms with Crippen molar-refractivity contribution >= 4 is 0 Å². The van der Waals surface area contributed by atoms with Crippen molar-refractivity contribution in [3.05, 3.63) is 29.6 Å². The van der Waals surface area contributed by atoms with E-state index in [1.54, 1.807) is 0 Å². The van der Waals surface area contributed by atoms with E-state index in [-0.39, 0.29) is 0 Å². The minimum atomic E-state index is 0.492. The Bertz CT molecular complexity index is 265. The molecule has 0 bridgehead atoms. The van der Waals surface area contributed by atoms with Crippen molar-refractivity contribution < 1.29 is 0 Å². The van der Waals surface area contributed by atoms with Crippen LogP contribution in [0.4, 0.5) is 0 Å². The summed E-state index contributed by atoms with van der Waals surface area (Å²) in [6, 6.07) is 4.77. The highest BCUT2D eigenvalue weighted by Crippen LogP contribution is 2.18. The molecular formula is C12H20N2. The van der Waals surface area contributed by atoms with E-state index >= 15 is 0 Å². The van der Waals surface area contributed by atoms with E-state index in [4.69, 9.17) is 0 Å². The highest BCUT2D eigenvalue weighted by atomic mass is 14.9. The van der Waals surface area contributed by atoms with Crippen molar-refractivity contribution in [2.45, 2.75) is 39.7 Å². The van der Waals surface area contributed by atoms with E-state index < -0.39 is 0 Å². The fourth-order valence-corrected chi connectivity index (χ4v) is 1.71. The maximum atomic E-state index is 4.21. The van der Waals surface area contributed by atoms with Crippen molar-refractivity contribution in [3.8, 4) is 0 Å². The third kappa shape index (κ3) is 3.11. The third-order valence-corrected chi connectivity index (χ3v) is 2.35. The first-order valence-corrected chi connectivity index (χ1v) is 5.43. The molecule has 1 aromatic rings.